The highest BCUT2D eigenvalue weighted by Gasteiger charge is 2.37. The molecule has 2 saturated carbocycles. The summed E-state index contributed by atoms with van der Waals surface area (Å²) in [4.78, 5) is 27.9. The summed E-state index contributed by atoms with van der Waals surface area (Å²) in [6, 6.07) is 10.8. The number of carbonyl (C=O) groups is 2. The Bertz CT molecular complexity index is 1060. The fourth-order valence-corrected chi connectivity index (χ4v) is 6.05. The first kappa shape index (κ1) is 24.2. The Morgan fingerprint density at radius 2 is 1.71 bits per heavy atom. The number of carbonyl (C=O) groups excluding carboxylic acids is 1. The van der Waals surface area contributed by atoms with Gasteiger partial charge in [0.1, 0.15) is 0 Å². The number of ether oxygens (including phenoxy) is 1. The van der Waals surface area contributed by atoms with E-state index < -0.39 is 6.16 Å². The second kappa shape index (κ2) is 10.6. The van der Waals surface area contributed by atoms with Crippen LogP contribution in [0.5, 0.6) is 5.06 Å². The molecular weight excluding hydrogens is 452 g/mol. The highest BCUT2D eigenvalue weighted by atomic mass is 32.1. The third-order valence-corrected chi connectivity index (χ3v) is 8.10. The minimum atomic E-state index is -1.42. The topological polar surface area (TPSA) is 111 Å². The largest absolute Gasteiger partial charge is 0.512 e. The van der Waals surface area contributed by atoms with Crippen LogP contribution in [0.15, 0.2) is 30.3 Å². The molecule has 0 saturated heterocycles. The van der Waals surface area contributed by atoms with E-state index in [9.17, 15) is 19.8 Å². The van der Waals surface area contributed by atoms with Crippen molar-refractivity contribution in [2.75, 3.05) is 4.90 Å². The van der Waals surface area contributed by atoms with Gasteiger partial charge in [0.15, 0.2) is 0 Å². The van der Waals surface area contributed by atoms with Crippen molar-refractivity contribution in [1.82, 2.24) is 0 Å². The van der Waals surface area contributed by atoms with E-state index in [0.29, 0.717) is 42.9 Å². The van der Waals surface area contributed by atoms with Gasteiger partial charge in [-0.05, 0) is 81.0 Å². The number of nitriles is 1. The molecule has 2 aliphatic rings. The Morgan fingerprint density at radius 3 is 2.29 bits per heavy atom. The van der Waals surface area contributed by atoms with Crippen molar-refractivity contribution < 1.29 is 24.5 Å². The second-order valence-electron chi connectivity index (χ2n) is 9.47. The molecule has 180 valence electrons. The van der Waals surface area contributed by atoms with E-state index in [2.05, 4.69) is 13.0 Å². The number of amides is 1. The fraction of sp³-hybridized carbons (Fsp3) is 0.500. The van der Waals surface area contributed by atoms with E-state index >= 15 is 0 Å². The lowest BCUT2D eigenvalue weighted by Crippen LogP contribution is -2.46. The second-order valence-corrected chi connectivity index (χ2v) is 10.5. The molecule has 0 bridgehead atoms. The maximum atomic E-state index is 13.9. The molecule has 0 aliphatic heterocycles. The van der Waals surface area contributed by atoms with Crippen LogP contribution in [0.3, 0.4) is 0 Å². The van der Waals surface area contributed by atoms with Gasteiger partial charge >= 0.3 is 6.16 Å². The van der Waals surface area contributed by atoms with Crippen molar-refractivity contribution >= 4 is 29.1 Å². The van der Waals surface area contributed by atoms with Gasteiger partial charge in [-0.2, -0.15) is 5.26 Å². The summed E-state index contributed by atoms with van der Waals surface area (Å²) in [7, 11) is 0. The molecule has 8 heteroatoms. The number of hydrogen-bond donors (Lipinski definition) is 2. The maximum absolute atomic E-state index is 13.9. The molecule has 1 aromatic carbocycles. The zero-order chi connectivity index (χ0) is 24.2. The zero-order valence-corrected chi connectivity index (χ0v) is 20.1. The van der Waals surface area contributed by atoms with Crippen molar-refractivity contribution in [3.63, 3.8) is 0 Å². The van der Waals surface area contributed by atoms with E-state index in [4.69, 9.17) is 10.00 Å². The summed E-state index contributed by atoms with van der Waals surface area (Å²) < 4.78 is 5.18. The van der Waals surface area contributed by atoms with Crippen LogP contribution in [0, 0.1) is 23.2 Å². The van der Waals surface area contributed by atoms with E-state index in [1.807, 2.05) is 18.2 Å². The van der Waals surface area contributed by atoms with Gasteiger partial charge in [0, 0.05) is 16.8 Å². The van der Waals surface area contributed by atoms with Gasteiger partial charge in [-0.3, -0.25) is 4.79 Å². The molecule has 0 radical (unpaired) electrons. The highest BCUT2D eigenvalue weighted by Crippen LogP contribution is 2.46. The standard InChI is InChI=1S/C26H30N2O5S/c1-16-2-6-19(7-3-16)24(30)28(20-10-12-21(29)13-11-20)22-14-23(34-25(22)33-26(31)32)18-8-4-17(15-27)5-9-18/h4-5,8-9,14,16,19-21,29H,2-3,6-7,10-13H2,1H3,(H,31,32). The van der Waals surface area contributed by atoms with Gasteiger partial charge in [0.25, 0.3) is 0 Å². The van der Waals surface area contributed by atoms with E-state index in [-0.39, 0.29) is 29.0 Å². The first-order chi connectivity index (χ1) is 16.4. The molecule has 0 unspecified atom stereocenters. The lowest BCUT2D eigenvalue weighted by molar-refractivity contribution is -0.124. The minimum absolute atomic E-state index is 0.0210. The molecular formula is C26H30N2O5S. The summed E-state index contributed by atoms with van der Waals surface area (Å²) in [6.45, 7) is 2.21. The Kier molecular flexibility index (Phi) is 7.54. The van der Waals surface area contributed by atoms with Crippen LogP contribution in [0.4, 0.5) is 10.5 Å². The Balaban J connectivity index is 1.73. The van der Waals surface area contributed by atoms with Crippen molar-refractivity contribution in [2.24, 2.45) is 11.8 Å². The number of rotatable bonds is 5. The normalized spacial score (nSPS) is 24.7. The number of aliphatic hydroxyl groups is 1. The predicted molar refractivity (Wildman–Crippen MR) is 130 cm³/mol. The maximum Gasteiger partial charge on any atom is 0.512 e. The SMILES string of the molecule is CC1CCC(C(=O)N(c2cc(-c3ccc(C#N)cc3)sc2OC(=O)O)C2CCC(O)CC2)CC1. The molecule has 7 nitrogen and oxygen atoms in total. The van der Waals surface area contributed by atoms with Crippen LogP contribution in [0.25, 0.3) is 10.4 Å². The first-order valence-corrected chi connectivity index (χ1v) is 12.7. The number of carboxylic acid groups (broad SMARTS) is 1. The van der Waals surface area contributed by atoms with Gasteiger partial charge in [0.2, 0.25) is 11.0 Å². The Labute approximate surface area is 203 Å². The van der Waals surface area contributed by atoms with Gasteiger partial charge in [0.05, 0.1) is 23.4 Å². The van der Waals surface area contributed by atoms with Crippen LogP contribution in [-0.4, -0.2) is 34.4 Å². The zero-order valence-electron chi connectivity index (χ0n) is 19.3. The predicted octanol–water partition coefficient (Wildman–Crippen LogP) is 5.81. The monoisotopic (exact) mass is 482 g/mol. The minimum Gasteiger partial charge on any atom is -0.449 e. The molecule has 1 amide bonds. The lowest BCUT2D eigenvalue weighted by Gasteiger charge is -2.38. The number of anilines is 1. The van der Waals surface area contributed by atoms with E-state index in [1.54, 1.807) is 17.0 Å². The Hall–Kier alpha value is -2.89. The van der Waals surface area contributed by atoms with E-state index in [1.165, 1.54) is 11.3 Å². The van der Waals surface area contributed by atoms with Crippen LogP contribution < -0.4 is 9.64 Å². The van der Waals surface area contributed by atoms with Crippen molar-refractivity contribution in [2.45, 2.75) is 70.4 Å². The van der Waals surface area contributed by atoms with Crippen molar-refractivity contribution in [1.29, 1.82) is 5.26 Å². The smallest absolute Gasteiger partial charge is 0.449 e. The van der Waals surface area contributed by atoms with Crippen molar-refractivity contribution in [3.8, 4) is 21.6 Å². The van der Waals surface area contributed by atoms with Gasteiger partial charge in [-0.15, -0.1) is 0 Å². The molecule has 2 aliphatic carbocycles. The molecule has 0 spiro atoms. The molecule has 4 rings (SSSR count). The lowest BCUT2D eigenvalue weighted by atomic mass is 9.81. The van der Waals surface area contributed by atoms with Crippen LogP contribution >= 0.6 is 11.3 Å². The van der Waals surface area contributed by atoms with Gasteiger partial charge in [-0.1, -0.05) is 30.4 Å². The van der Waals surface area contributed by atoms with Crippen LogP contribution in [0.2, 0.25) is 0 Å². The number of benzene rings is 1. The summed E-state index contributed by atoms with van der Waals surface area (Å²) >= 11 is 1.18. The molecule has 2 N–H and O–H groups in total. The highest BCUT2D eigenvalue weighted by molar-refractivity contribution is 7.18. The third kappa shape index (κ3) is 5.43. The molecule has 2 fully saturated rings. The Morgan fingerprint density at radius 1 is 1.06 bits per heavy atom. The van der Waals surface area contributed by atoms with Crippen LogP contribution in [-0.2, 0) is 4.79 Å². The summed E-state index contributed by atoms with van der Waals surface area (Å²) in [5.41, 5.74) is 1.84. The first-order valence-electron chi connectivity index (χ1n) is 11.9. The van der Waals surface area contributed by atoms with Gasteiger partial charge in [-0.25, -0.2) is 4.79 Å². The molecule has 34 heavy (non-hydrogen) atoms. The molecule has 1 heterocycles. The van der Waals surface area contributed by atoms with E-state index in [0.717, 1.165) is 36.1 Å². The molecule has 2 aromatic rings. The summed E-state index contributed by atoms with van der Waals surface area (Å²) in [5.74, 6) is 0.532. The molecule has 0 atom stereocenters. The number of hydrogen-bond acceptors (Lipinski definition) is 6. The quantitative estimate of drug-likeness (QED) is 0.521. The third-order valence-electron chi connectivity index (χ3n) is 7.05. The average molecular weight is 483 g/mol. The fourth-order valence-electron chi connectivity index (χ4n) is 5.05. The van der Waals surface area contributed by atoms with Crippen LogP contribution in [0.1, 0.15) is 63.9 Å². The molecule has 1 aromatic heterocycles. The number of nitrogens with zero attached hydrogens (tertiary/aromatic N) is 2. The average Bonchev–Trinajstić information content (AvgIpc) is 3.23. The van der Waals surface area contributed by atoms with Gasteiger partial charge < -0.3 is 19.8 Å². The van der Waals surface area contributed by atoms with Crippen molar-refractivity contribution in [3.05, 3.63) is 35.9 Å². The number of thiophene rings is 1. The number of aliphatic hydroxyl groups excluding tert-OH is 1. The summed E-state index contributed by atoms with van der Waals surface area (Å²) in [6.07, 6.45) is 4.41. The summed E-state index contributed by atoms with van der Waals surface area (Å²) in [5, 5.41) is 28.7.